The average Bonchev–Trinajstić information content (AvgIpc) is 2.51. The molecule has 0 fully saturated rings. The normalized spacial score (nSPS) is 11.3. The molecule has 1 amide bonds. The zero-order valence-corrected chi connectivity index (χ0v) is 13.2. The number of nitrogen functional groups attached to an aromatic ring is 1. The molecule has 0 aromatic heterocycles. The molecule has 2 rings (SSSR count). The minimum atomic E-state index is -0.213. The molecule has 3 N–H and O–H groups in total. The van der Waals surface area contributed by atoms with Gasteiger partial charge in [-0.2, -0.15) is 5.10 Å². The lowest BCUT2D eigenvalue weighted by Gasteiger charge is -2.10. The molecule has 0 spiro atoms. The first-order valence-electron chi connectivity index (χ1n) is 7.32. The molecule has 0 saturated heterocycles. The summed E-state index contributed by atoms with van der Waals surface area (Å²) < 4.78 is 0. The molecular weight excluding hydrogens is 274 g/mol. The van der Waals surface area contributed by atoms with E-state index in [1.165, 1.54) is 0 Å². The standard InChI is InChI=1S/C18H21N3O/c1-4-17(15-11-12(2)9-10-16(15)19)20-21-18(22)14-8-6-5-7-13(14)3/h5-11H,4,19H2,1-3H3,(H,21,22)/b20-17+. The van der Waals surface area contributed by atoms with Gasteiger partial charge in [0, 0.05) is 16.8 Å². The summed E-state index contributed by atoms with van der Waals surface area (Å²) in [6.07, 6.45) is 0.682. The lowest BCUT2D eigenvalue weighted by molar-refractivity contribution is 0.0954. The van der Waals surface area contributed by atoms with Crippen LogP contribution in [0.5, 0.6) is 0 Å². The van der Waals surface area contributed by atoms with Crippen LogP contribution in [-0.4, -0.2) is 11.6 Å². The van der Waals surface area contributed by atoms with Crippen molar-refractivity contribution in [2.45, 2.75) is 27.2 Å². The average molecular weight is 295 g/mol. The van der Waals surface area contributed by atoms with Crippen LogP contribution in [0.15, 0.2) is 47.6 Å². The highest BCUT2D eigenvalue weighted by Crippen LogP contribution is 2.16. The first kappa shape index (κ1) is 15.8. The summed E-state index contributed by atoms with van der Waals surface area (Å²) in [6.45, 7) is 5.89. The van der Waals surface area contributed by atoms with E-state index < -0.39 is 0 Å². The molecule has 0 atom stereocenters. The summed E-state index contributed by atoms with van der Waals surface area (Å²) >= 11 is 0. The summed E-state index contributed by atoms with van der Waals surface area (Å²) in [5.74, 6) is -0.213. The van der Waals surface area contributed by atoms with Crippen molar-refractivity contribution in [1.29, 1.82) is 0 Å². The van der Waals surface area contributed by atoms with E-state index in [-0.39, 0.29) is 5.91 Å². The van der Waals surface area contributed by atoms with E-state index in [2.05, 4.69) is 10.5 Å². The Hall–Kier alpha value is -2.62. The zero-order chi connectivity index (χ0) is 16.1. The third kappa shape index (κ3) is 3.52. The van der Waals surface area contributed by atoms with Crippen molar-refractivity contribution in [3.05, 3.63) is 64.7 Å². The molecule has 0 heterocycles. The monoisotopic (exact) mass is 295 g/mol. The van der Waals surface area contributed by atoms with Gasteiger partial charge < -0.3 is 5.73 Å². The van der Waals surface area contributed by atoms with Crippen LogP contribution in [0.1, 0.15) is 40.4 Å². The van der Waals surface area contributed by atoms with Gasteiger partial charge in [-0.05, 0) is 44.0 Å². The van der Waals surface area contributed by atoms with Crippen molar-refractivity contribution in [2.75, 3.05) is 5.73 Å². The van der Waals surface area contributed by atoms with E-state index in [0.717, 1.165) is 22.4 Å². The fourth-order valence-corrected chi connectivity index (χ4v) is 2.26. The van der Waals surface area contributed by atoms with E-state index in [1.807, 2.05) is 57.2 Å². The number of nitrogens with zero attached hydrogens (tertiary/aromatic N) is 1. The number of rotatable bonds is 4. The van der Waals surface area contributed by atoms with Gasteiger partial charge >= 0.3 is 0 Å². The maximum absolute atomic E-state index is 12.2. The topological polar surface area (TPSA) is 67.5 Å². The molecule has 0 aliphatic rings. The van der Waals surface area contributed by atoms with E-state index in [9.17, 15) is 4.79 Å². The molecule has 0 aliphatic carbocycles. The number of nitrogens with two attached hydrogens (primary N) is 1. The van der Waals surface area contributed by atoms with Crippen LogP contribution in [0.4, 0.5) is 5.69 Å². The fraction of sp³-hybridized carbons (Fsp3) is 0.222. The molecule has 4 nitrogen and oxygen atoms in total. The molecule has 0 radical (unpaired) electrons. The Bertz CT molecular complexity index is 720. The Labute approximate surface area is 131 Å². The van der Waals surface area contributed by atoms with Crippen molar-refractivity contribution in [3.8, 4) is 0 Å². The van der Waals surface area contributed by atoms with Crippen LogP contribution in [0.3, 0.4) is 0 Å². The third-order valence-corrected chi connectivity index (χ3v) is 3.54. The second kappa shape index (κ2) is 6.89. The quantitative estimate of drug-likeness (QED) is 0.515. The van der Waals surface area contributed by atoms with Crippen LogP contribution in [-0.2, 0) is 0 Å². The van der Waals surface area contributed by atoms with Crippen molar-refractivity contribution >= 4 is 17.3 Å². The third-order valence-electron chi connectivity index (χ3n) is 3.54. The molecular formula is C18H21N3O. The fourth-order valence-electron chi connectivity index (χ4n) is 2.26. The number of amides is 1. The Kier molecular flexibility index (Phi) is 4.94. The van der Waals surface area contributed by atoms with E-state index in [0.29, 0.717) is 17.7 Å². The van der Waals surface area contributed by atoms with Crippen LogP contribution in [0, 0.1) is 13.8 Å². The molecule has 0 saturated carbocycles. The summed E-state index contributed by atoms with van der Waals surface area (Å²) in [7, 11) is 0. The molecule has 2 aromatic rings. The van der Waals surface area contributed by atoms with Crippen LogP contribution in [0.25, 0.3) is 0 Å². The minimum absolute atomic E-state index is 0.213. The van der Waals surface area contributed by atoms with E-state index >= 15 is 0 Å². The first-order chi connectivity index (χ1) is 10.5. The number of nitrogens with one attached hydrogen (secondary N) is 1. The number of benzene rings is 2. The van der Waals surface area contributed by atoms with Gasteiger partial charge in [-0.25, -0.2) is 5.43 Å². The summed E-state index contributed by atoms with van der Waals surface area (Å²) in [5, 5.41) is 4.27. The van der Waals surface area contributed by atoms with Crippen molar-refractivity contribution < 1.29 is 4.79 Å². The van der Waals surface area contributed by atoms with Crippen LogP contribution >= 0.6 is 0 Å². The van der Waals surface area contributed by atoms with Crippen molar-refractivity contribution in [2.24, 2.45) is 5.10 Å². The van der Waals surface area contributed by atoms with E-state index in [4.69, 9.17) is 5.73 Å². The number of hydrazone groups is 1. The number of hydrogen-bond donors (Lipinski definition) is 2. The number of hydrogen-bond acceptors (Lipinski definition) is 3. The lowest BCUT2D eigenvalue weighted by atomic mass is 10.0. The number of carbonyl (C=O) groups is 1. The van der Waals surface area contributed by atoms with Gasteiger partial charge in [0.25, 0.3) is 5.91 Å². The molecule has 0 bridgehead atoms. The minimum Gasteiger partial charge on any atom is -0.398 e. The molecule has 0 aliphatic heterocycles. The van der Waals surface area contributed by atoms with Gasteiger partial charge in [-0.15, -0.1) is 0 Å². The number of anilines is 1. The van der Waals surface area contributed by atoms with Crippen molar-refractivity contribution in [1.82, 2.24) is 5.43 Å². The Morgan fingerprint density at radius 2 is 1.86 bits per heavy atom. The second-order valence-corrected chi connectivity index (χ2v) is 5.26. The highest BCUT2D eigenvalue weighted by atomic mass is 16.2. The SMILES string of the molecule is CC/C(=N\NC(=O)c1ccccc1C)c1cc(C)ccc1N. The largest absolute Gasteiger partial charge is 0.398 e. The van der Waals surface area contributed by atoms with Crippen LogP contribution < -0.4 is 11.2 Å². The van der Waals surface area contributed by atoms with Gasteiger partial charge in [0.15, 0.2) is 0 Å². The first-order valence-corrected chi connectivity index (χ1v) is 7.32. The number of aryl methyl sites for hydroxylation is 2. The predicted molar refractivity (Wildman–Crippen MR) is 91.1 cm³/mol. The van der Waals surface area contributed by atoms with Crippen LogP contribution in [0.2, 0.25) is 0 Å². The summed E-state index contributed by atoms with van der Waals surface area (Å²) in [5.41, 5.74) is 13.6. The lowest BCUT2D eigenvalue weighted by Crippen LogP contribution is -2.21. The predicted octanol–water partition coefficient (Wildman–Crippen LogP) is 3.43. The molecule has 4 heteroatoms. The van der Waals surface area contributed by atoms with Gasteiger partial charge in [-0.1, -0.05) is 36.8 Å². The van der Waals surface area contributed by atoms with Gasteiger partial charge in [-0.3, -0.25) is 4.79 Å². The maximum atomic E-state index is 12.2. The number of carbonyl (C=O) groups excluding carboxylic acids is 1. The highest BCUT2D eigenvalue weighted by molar-refractivity contribution is 6.05. The zero-order valence-electron chi connectivity index (χ0n) is 13.2. The van der Waals surface area contributed by atoms with Crippen molar-refractivity contribution in [3.63, 3.8) is 0 Å². The molecule has 0 unspecified atom stereocenters. The molecule has 2 aromatic carbocycles. The Morgan fingerprint density at radius 3 is 2.55 bits per heavy atom. The molecule has 114 valence electrons. The Balaban J connectivity index is 2.25. The Morgan fingerprint density at radius 1 is 1.14 bits per heavy atom. The maximum Gasteiger partial charge on any atom is 0.271 e. The van der Waals surface area contributed by atoms with Gasteiger partial charge in [0.2, 0.25) is 0 Å². The highest BCUT2D eigenvalue weighted by Gasteiger charge is 2.10. The van der Waals surface area contributed by atoms with Gasteiger partial charge in [0.05, 0.1) is 5.71 Å². The second-order valence-electron chi connectivity index (χ2n) is 5.26. The van der Waals surface area contributed by atoms with E-state index in [1.54, 1.807) is 6.07 Å². The smallest absolute Gasteiger partial charge is 0.271 e. The summed E-state index contributed by atoms with van der Waals surface area (Å²) in [6, 6.07) is 13.2. The van der Waals surface area contributed by atoms with Gasteiger partial charge in [0.1, 0.15) is 0 Å². The summed E-state index contributed by atoms with van der Waals surface area (Å²) in [4.78, 5) is 12.2. The molecule has 22 heavy (non-hydrogen) atoms.